The summed E-state index contributed by atoms with van der Waals surface area (Å²) in [6, 6.07) is 8.93. The van der Waals surface area contributed by atoms with Crippen LogP contribution in [0.25, 0.3) is 11.3 Å². The first kappa shape index (κ1) is 11.2. The Morgan fingerprint density at radius 2 is 2.06 bits per heavy atom. The van der Waals surface area contributed by atoms with Gasteiger partial charge in [-0.2, -0.15) is 0 Å². The van der Waals surface area contributed by atoms with Gasteiger partial charge in [0, 0.05) is 18.3 Å². The van der Waals surface area contributed by atoms with Gasteiger partial charge in [0.25, 0.3) is 6.43 Å². The molecular formula is C13H13F2N3. The van der Waals surface area contributed by atoms with Gasteiger partial charge >= 0.3 is 0 Å². The number of hydrogen-bond donors (Lipinski definition) is 1. The minimum Gasteiger partial charge on any atom is -0.347 e. The fraction of sp³-hybridized carbons (Fsp3) is 0.308. The van der Waals surface area contributed by atoms with Gasteiger partial charge in [-0.05, 0) is 6.42 Å². The third-order valence-electron chi connectivity index (χ3n) is 3.15. The molecule has 94 valence electrons. The molecule has 0 amide bonds. The van der Waals surface area contributed by atoms with Crippen molar-refractivity contribution in [2.75, 3.05) is 5.32 Å². The molecule has 0 bridgehead atoms. The number of imidazole rings is 1. The van der Waals surface area contributed by atoms with Crippen LogP contribution in [0.3, 0.4) is 0 Å². The summed E-state index contributed by atoms with van der Waals surface area (Å²) in [7, 11) is 0. The standard InChI is InChI=1S/C13H13F2N3/c14-12(15)10-6-7-18-8-11(17-13(18)16-10)9-4-2-1-3-5-9/h1-5,8,10,12H,6-7H2,(H,16,17). The monoisotopic (exact) mass is 249 g/mol. The number of aryl methyl sites for hydroxylation is 1. The third-order valence-corrected chi connectivity index (χ3v) is 3.15. The highest BCUT2D eigenvalue weighted by molar-refractivity contribution is 5.60. The van der Waals surface area contributed by atoms with Crippen molar-refractivity contribution in [3.05, 3.63) is 36.5 Å². The predicted molar refractivity (Wildman–Crippen MR) is 65.7 cm³/mol. The molecule has 2 heterocycles. The minimum absolute atomic E-state index is 0.426. The van der Waals surface area contributed by atoms with Crippen LogP contribution in [0.4, 0.5) is 14.7 Å². The molecule has 0 saturated carbocycles. The average Bonchev–Trinajstić information content (AvgIpc) is 2.82. The Morgan fingerprint density at radius 1 is 1.28 bits per heavy atom. The SMILES string of the molecule is FC(F)C1CCn2cc(-c3ccccc3)nc2N1. The number of aromatic nitrogens is 2. The number of nitrogens with one attached hydrogen (secondary N) is 1. The van der Waals surface area contributed by atoms with E-state index in [1.165, 1.54) is 0 Å². The van der Waals surface area contributed by atoms with E-state index < -0.39 is 12.5 Å². The smallest absolute Gasteiger partial charge is 0.258 e. The van der Waals surface area contributed by atoms with Crippen LogP contribution in [0.2, 0.25) is 0 Å². The maximum Gasteiger partial charge on any atom is 0.258 e. The van der Waals surface area contributed by atoms with E-state index in [9.17, 15) is 8.78 Å². The van der Waals surface area contributed by atoms with E-state index in [0.29, 0.717) is 18.9 Å². The lowest BCUT2D eigenvalue weighted by Crippen LogP contribution is -2.34. The lowest BCUT2D eigenvalue weighted by molar-refractivity contribution is 0.115. The minimum atomic E-state index is -2.35. The van der Waals surface area contributed by atoms with Gasteiger partial charge < -0.3 is 9.88 Å². The summed E-state index contributed by atoms with van der Waals surface area (Å²) in [6.07, 6.45) is -0.0233. The highest BCUT2D eigenvalue weighted by Gasteiger charge is 2.26. The first-order valence-corrected chi connectivity index (χ1v) is 5.91. The zero-order valence-electron chi connectivity index (χ0n) is 9.68. The van der Waals surface area contributed by atoms with Crippen LogP contribution in [0.15, 0.2) is 36.5 Å². The quantitative estimate of drug-likeness (QED) is 0.886. The lowest BCUT2D eigenvalue weighted by Gasteiger charge is -2.24. The molecule has 1 aliphatic rings. The molecule has 3 nitrogen and oxygen atoms in total. The largest absolute Gasteiger partial charge is 0.347 e. The summed E-state index contributed by atoms with van der Waals surface area (Å²) >= 11 is 0. The van der Waals surface area contributed by atoms with Gasteiger partial charge in [0.05, 0.1) is 11.7 Å². The molecule has 1 unspecified atom stereocenters. The second-order valence-corrected chi connectivity index (χ2v) is 4.38. The van der Waals surface area contributed by atoms with Gasteiger partial charge in [-0.15, -0.1) is 0 Å². The van der Waals surface area contributed by atoms with Crippen molar-refractivity contribution >= 4 is 5.95 Å². The molecule has 18 heavy (non-hydrogen) atoms. The number of alkyl halides is 2. The van der Waals surface area contributed by atoms with Crippen LogP contribution in [-0.4, -0.2) is 22.0 Å². The highest BCUT2D eigenvalue weighted by Crippen LogP contribution is 2.26. The summed E-state index contributed by atoms with van der Waals surface area (Å²) in [5, 5.41) is 2.79. The zero-order valence-corrected chi connectivity index (χ0v) is 9.68. The molecule has 0 saturated heterocycles. The van der Waals surface area contributed by atoms with Gasteiger partial charge in [-0.1, -0.05) is 30.3 Å². The Bertz CT molecular complexity index is 536. The van der Waals surface area contributed by atoms with Gasteiger partial charge in [-0.3, -0.25) is 0 Å². The van der Waals surface area contributed by atoms with E-state index >= 15 is 0 Å². The van der Waals surface area contributed by atoms with Crippen LogP contribution < -0.4 is 5.32 Å². The van der Waals surface area contributed by atoms with Gasteiger partial charge in [0.2, 0.25) is 5.95 Å². The molecule has 1 N–H and O–H groups in total. The van der Waals surface area contributed by atoms with Crippen LogP contribution >= 0.6 is 0 Å². The Labute approximate surface area is 103 Å². The number of anilines is 1. The van der Waals surface area contributed by atoms with Gasteiger partial charge in [0.15, 0.2) is 0 Å². The van der Waals surface area contributed by atoms with E-state index in [1.54, 1.807) is 0 Å². The number of fused-ring (bicyclic) bond motifs is 1. The third kappa shape index (κ3) is 1.96. The summed E-state index contributed by atoms with van der Waals surface area (Å²) in [5.41, 5.74) is 1.81. The topological polar surface area (TPSA) is 29.9 Å². The molecule has 0 radical (unpaired) electrons. The normalized spacial score (nSPS) is 18.5. The van der Waals surface area contributed by atoms with E-state index in [2.05, 4.69) is 10.3 Å². The van der Waals surface area contributed by atoms with Crippen molar-refractivity contribution in [2.45, 2.75) is 25.4 Å². The molecular weight excluding hydrogens is 236 g/mol. The Kier molecular flexibility index (Phi) is 2.74. The maximum atomic E-state index is 12.6. The molecule has 3 rings (SSSR count). The number of nitrogens with zero attached hydrogens (tertiary/aromatic N) is 2. The fourth-order valence-corrected chi connectivity index (χ4v) is 2.15. The maximum absolute atomic E-state index is 12.6. The summed E-state index contributed by atoms with van der Waals surface area (Å²) in [4.78, 5) is 4.37. The summed E-state index contributed by atoms with van der Waals surface area (Å²) in [6.45, 7) is 0.581. The number of hydrogen-bond acceptors (Lipinski definition) is 2. The predicted octanol–water partition coefficient (Wildman–Crippen LogP) is 3.00. The first-order valence-electron chi connectivity index (χ1n) is 5.91. The van der Waals surface area contributed by atoms with Crippen LogP contribution in [0, 0.1) is 0 Å². The van der Waals surface area contributed by atoms with Gasteiger partial charge in [-0.25, -0.2) is 13.8 Å². The number of benzene rings is 1. The second kappa shape index (κ2) is 4.40. The van der Waals surface area contributed by atoms with Crippen molar-refractivity contribution in [3.63, 3.8) is 0 Å². The molecule has 0 spiro atoms. The van der Waals surface area contributed by atoms with Crippen molar-refractivity contribution in [2.24, 2.45) is 0 Å². The van der Waals surface area contributed by atoms with Crippen molar-refractivity contribution in [1.29, 1.82) is 0 Å². The molecule has 1 aliphatic heterocycles. The lowest BCUT2D eigenvalue weighted by atomic mass is 10.2. The Morgan fingerprint density at radius 3 is 2.78 bits per heavy atom. The molecule has 5 heteroatoms. The molecule has 1 aromatic carbocycles. The molecule has 1 atom stereocenters. The second-order valence-electron chi connectivity index (χ2n) is 4.38. The van der Waals surface area contributed by atoms with E-state index in [0.717, 1.165) is 11.3 Å². The van der Waals surface area contributed by atoms with Crippen LogP contribution in [0.5, 0.6) is 0 Å². The number of halogens is 2. The molecule has 0 fully saturated rings. The molecule has 1 aromatic heterocycles. The fourth-order valence-electron chi connectivity index (χ4n) is 2.15. The van der Waals surface area contributed by atoms with E-state index in [-0.39, 0.29) is 0 Å². The highest BCUT2D eigenvalue weighted by atomic mass is 19.3. The van der Waals surface area contributed by atoms with Crippen molar-refractivity contribution in [3.8, 4) is 11.3 Å². The zero-order chi connectivity index (χ0) is 12.5. The van der Waals surface area contributed by atoms with Crippen LogP contribution in [0.1, 0.15) is 6.42 Å². The van der Waals surface area contributed by atoms with Crippen LogP contribution in [-0.2, 0) is 6.54 Å². The van der Waals surface area contributed by atoms with E-state index in [4.69, 9.17) is 0 Å². The van der Waals surface area contributed by atoms with E-state index in [1.807, 2.05) is 41.1 Å². The summed E-state index contributed by atoms with van der Waals surface area (Å²) < 4.78 is 27.2. The molecule has 0 aliphatic carbocycles. The summed E-state index contributed by atoms with van der Waals surface area (Å²) in [5.74, 6) is 0.533. The Balaban J connectivity index is 1.90. The first-order chi connectivity index (χ1) is 8.74. The van der Waals surface area contributed by atoms with Crippen molar-refractivity contribution < 1.29 is 8.78 Å². The molecule has 2 aromatic rings. The Hall–Kier alpha value is -1.91. The van der Waals surface area contributed by atoms with Gasteiger partial charge in [0.1, 0.15) is 0 Å². The van der Waals surface area contributed by atoms with Crippen molar-refractivity contribution in [1.82, 2.24) is 9.55 Å². The average molecular weight is 249 g/mol. The number of rotatable bonds is 2.